The van der Waals surface area contributed by atoms with Crippen molar-refractivity contribution in [2.24, 2.45) is 0 Å². The number of unbranched alkanes of at least 4 members (excludes halogenated alkanes) is 1. The van der Waals surface area contributed by atoms with E-state index in [1.165, 1.54) is 12.8 Å². The van der Waals surface area contributed by atoms with Crippen LogP contribution in [0.25, 0.3) is 0 Å². The van der Waals surface area contributed by atoms with Crippen LogP contribution in [0.1, 0.15) is 51.3 Å². The van der Waals surface area contributed by atoms with Crippen molar-refractivity contribution >= 4 is 11.6 Å². The number of rotatable bonds is 8. The van der Waals surface area contributed by atoms with E-state index in [0.29, 0.717) is 17.8 Å². The van der Waals surface area contributed by atoms with Crippen LogP contribution in [0.2, 0.25) is 0 Å². The average Bonchev–Trinajstić information content (AvgIpc) is 3.16. The highest BCUT2D eigenvalue weighted by Crippen LogP contribution is 2.38. The van der Waals surface area contributed by atoms with E-state index in [2.05, 4.69) is 29.1 Å². The summed E-state index contributed by atoms with van der Waals surface area (Å²) in [5.74, 6) is 2.83. The fourth-order valence-corrected chi connectivity index (χ4v) is 1.86. The second-order valence-corrected chi connectivity index (χ2v) is 5.36. The van der Waals surface area contributed by atoms with Crippen LogP contribution < -0.4 is 11.1 Å². The van der Waals surface area contributed by atoms with Gasteiger partial charge in [0.05, 0.1) is 6.10 Å². The molecule has 0 aromatic carbocycles. The number of nitrogen functional groups attached to an aromatic ring is 1. The molecule has 0 spiro atoms. The second kappa shape index (κ2) is 6.70. The normalized spacial score (nSPS) is 14.9. The number of hydrogen-bond acceptors (Lipinski definition) is 5. The van der Waals surface area contributed by atoms with Crippen LogP contribution >= 0.6 is 0 Å². The smallest absolute Gasteiger partial charge is 0.136 e. The minimum Gasteiger partial charge on any atom is -0.384 e. The lowest BCUT2D eigenvalue weighted by Crippen LogP contribution is -2.09. The minimum absolute atomic E-state index is 0.315. The number of anilines is 2. The molecule has 1 saturated carbocycles. The van der Waals surface area contributed by atoms with Crippen LogP contribution in [-0.2, 0) is 4.74 Å². The van der Waals surface area contributed by atoms with Gasteiger partial charge in [0, 0.05) is 25.1 Å². The third-order valence-corrected chi connectivity index (χ3v) is 3.03. The minimum atomic E-state index is 0.315. The van der Waals surface area contributed by atoms with Gasteiger partial charge >= 0.3 is 0 Å². The van der Waals surface area contributed by atoms with E-state index in [1.807, 2.05) is 0 Å². The lowest BCUT2D eigenvalue weighted by Gasteiger charge is -2.09. The predicted molar refractivity (Wildman–Crippen MR) is 77.2 cm³/mol. The van der Waals surface area contributed by atoms with Gasteiger partial charge in [0.2, 0.25) is 0 Å². The first-order chi connectivity index (χ1) is 9.15. The number of aromatic nitrogens is 2. The number of hydrogen-bond donors (Lipinski definition) is 2. The molecule has 1 aliphatic rings. The Hall–Kier alpha value is -1.36. The summed E-state index contributed by atoms with van der Waals surface area (Å²) in [6.45, 7) is 5.82. The average molecular weight is 264 g/mol. The monoisotopic (exact) mass is 264 g/mol. The zero-order chi connectivity index (χ0) is 13.7. The zero-order valence-corrected chi connectivity index (χ0v) is 11.9. The maximum atomic E-state index is 5.80. The van der Waals surface area contributed by atoms with Crippen molar-refractivity contribution in [2.75, 3.05) is 24.2 Å². The number of nitrogens with two attached hydrogens (primary N) is 1. The molecule has 1 fully saturated rings. The molecule has 0 radical (unpaired) electrons. The molecule has 0 saturated heterocycles. The van der Waals surface area contributed by atoms with Gasteiger partial charge in [0.25, 0.3) is 0 Å². The molecule has 0 unspecified atom stereocenters. The maximum Gasteiger partial charge on any atom is 0.136 e. The maximum absolute atomic E-state index is 5.80. The summed E-state index contributed by atoms with van der Waals surface area (Å²) in [6.07, 6.45) is 4.82. The molecule has 3 N–H and O–H groups in total. The number of nitrogens with one attached hydrogen (secondary N) is 1. The van der Waals surface area contributed by atoms with Crippen LogP contribution in [0.4, 0.5) is 11.6 Å². The third kappa shape index (κ3) is 5.03. The quantitative estimate of drug-likeness (QED) is 0.706. The summed E-state index contributed by atoms with van der Waals surface area (Å²) in [5, 5.41) is 3.31. The van der Waals surface area contributed by atoms with Gasteiger partial charge in [-0.15, -0.1) is 0 Å². The molecule has 0 atom stereocenters. The summed E-state index contributed by atoms with van der Waals surface area (Å²) in [5.41, 5.74) is 5.80. The molecule has 0 amide bonds. The van der Waals surface area contributed by atoms with Crippen molar-refractivity contribution < 1.29 is 4.74 Å². The van der Waals surface area contributed by atoms with E-state index in [4.69, 9.17) is 10.5 Å². The third-order valence-electron chi connectivity index (χ3n) is 3.03. The van der Waals surface area contributed by atoms with Crippen molar-refractivity contribution in [2.45, 2.75) is 51.6 Å². The molecule has 1 heterocycles. The summed E-state index contributed by atoms with van der Waals surface area (Å²) in [6, 6.07) is 1.80. The summed E-state index contributed by atoms with van der Waals surface area (Å²) in [4.78, 5) is 8.79. The fourth-order valence-electron chi connectivity index (χ4n) is 1.86. The Labute approximate surface area is 115 Å². The SMILES string of the molecule is CC(C)OCCCCNc1cc(N)nc(C2CC2)n1. The van der Waals surface area contributed by atoms with Gasteiger partial charge in [-0.25, -0.2) is 9.97 Å². The van der Waals surface area contributed by atoms with E-state index in [1.54, 1.807) is 6.07 Å². The first kappa shape index (κ1) is 14.1. The first-order valence-electron chi connectivity index (χ1n) is 7.15. The second-order valence-electron chi connectivity index (χ2n) is 5.36. The largest absolute Gasteiger partial charge is 0.384 e. The molecular formula is C14H24N4O. The lowest BCUT2D eigenvalue weighted by atomic mass is 10.3. The van der Waals surface area contributed by atoms with E-state index >= 15 is 0 Å². The van der Waals surface area contributed by atoms with Crippen molar-refractivity contribution in [1.82, 2.24) is 9.97 Å². The highest BCUT2D eigenvalue weighted by atomic mass is 16.5. The van der Waals surface area contributed by atoms with Gasteiger partial charge < -0.3 is 15.8 Å². The van der Waals surface area contributed by atoms with Crippen LogP contribution in [0, 0.1) is 0 Å². The molecule has 1 aromatic heterocycles. The van der Waals surface area contributed by atoms with Crippen LogP contribution in [-0.4, -0.2) is 29.2 Å². The Bertz CT molecular complexity index is 404. The van der Waals surface area contributed by atoms with Gasteiger partial charge in [-0.05, 0) is 39.5 Å². The Kier molecular flexibility index (Phi) is 4.96. The molecule has 19 heavy (non-hydrogen) atoms. The molecule has 2 rings (SSSR count). The van der Waals surface area contributed by atoms with Crippen molar-refractivity contribution in [3.05, 3.63) is 11.9 Å². The molecule has 0 aliphatic heterocycles. The van der Waals surface area contributed by atoms with Crippen LogP contribution in [0.15, 0.2) is 6.07 Å². The van der Waals surface area contributed by atoms with Gasteiger partial charge in [-0.1, -0.05) is 0 Å². The summed E-state index contributed by atoms with van der Waals surface area (Å²) in [7, 11) is 0. The van der Waals surface area contributed by atoms with Gasteiger partial charge in [-0.2, -0.15) is 0 Å². The van der Waals surface area contributed by atoms with E-state index in [9.17, 15) is 0 Å². The van der Waals surface area contributed by atoms with Gasteiger partial charge in [0.1, 0.15) is 17.5 Å². The Balaban J connectivity index is 1.70. The van der Waals surface area contributed by atoms with Gasteiger partial charge in [-0.3, -0.25) is 0 Å². The first-order valence-corrected chi connectivity index (χ1v) is 7.15. The molecular weight excluding hydrogens is 240 g/mol. The van der Waals surface area contributed by atoms with Crippen molar-refractivity contribution in [3.63, 3.8) is 0 Å². The van der Waals surface area contributed by atoms with Crippen molar-refractivity contribution in [3.8, 4) is 0 Å². The Morgan fingerprint density at radius 1 is 1.37 bits per heavy atom. The van der Waals surface area contributed by atoms with Crippen LogP contribution in [0.5, 0.6) is 0 Å². The molecule has 1 aliphatic carbocycles. The van der Waals surface area contributed by atoms with Crippen LogP contribution in [0.3, 0.4) is 0 Å². The molecule has 5 heteroatoms. The molecule has 1 aromatic rings. The highest BCUT2D eigenvalue weighted by molar-refractivity contribution is 5.45. The van der Waals surface area contributed by atoms with E-state index in [-0.39, 0.29) is 0 Å². The van der Waals surface area contributed by atoms with E-state index in [0.717, 1.165) is 37.6 Å². The van der Waals surface area contributed by atoms with Crippen molar-refractivity contribution in [1.29, 1.82) is 0 Å². The number of ether oxygens (including phenoxy) is 1. The fraction of sp³-hybridized carbons (Fsp3) is 0.714. The summed E-state index contributed by atoms with van der Waals surface area (Å²) < 4.78 is 5.50. The molecule has 0 bridgehead atoms. The Morgan fingerprint density at radius 3 is 2.84 bits per heavy atom. The lowest BCUT2D eigenvalue weighted by molar-refractivity contribution is 0.0765. The molecule has 5 nitrogen and oxygen atoms in total. The summed E-state index contributed by atoms with van der Waals surface area (Å²) >= 11 is 0. The predicted octanol–water partition coefficient (Wildman–Crippen LogP) is 2.55. The topological polar surface area (TPSA) is 73.1 Å². The zero-order valence-electron chi connectivity index (χ0n) is 11.9. The standard InChI is InChI=1S/C14H24N4O/c1-10(2)19-8-4-3-7-16-13-9-12(15)17-14(18-13)11-5-6-11/h9-11H,3-8H2,1-2H3,(H3,15,16,17,18). The Morgan fingerprint density at radius 2 is 2.16 bits per heavy atom. The highest BCUT2D eigenvalue weighted by Gasteiger charge is 2.27. The van der Waals surface area contributed by atoms with Gasteiger partial charge in [0.15, 0.2) is 0 Å². The molecule has 106 valence electrons. The number of nitrogens with zero attached hydrogens (tertiary/aromatic N) is 2. The van der Waals surface area contributed by atoms with E-state index < -0.39 is 0 Å².